The Morgan fingerprint density at radius 3 is 2.61 bits per heavy atom. The topological polar surface area (TPSA) is 50.7 Å². The lowest BCUT2D eigenvalue weighted by Crippen LogP contribution is -2.36. The summed E-state index contributed by atoms with van der Waals surface area (Å²) >= 11 is 0. The molecule has 0 fully saturated rings. The van der Waals surface area contributed by atoms with Gasteiger partial charge < -0.3 is 19.9 Å². The molecule has 4 heteroatoms. The van der Waals surface area contributed by atoms with Crippen molar-refractivity contribution in [3.05, 3.63) is 29.8 Å². The Morgan fingerprint density at radius 1 is 1.28 bits per heavy atom. The van der Waals surface area contributed by atoms with Crippen molar-refractivity contribution < 1.29 is 14.6 Å². The van der Waals surface area contributed by atoms with Crippen LogP contribution in [-0.2, 0) is 11.3 Å². The number of para-hydroxylation sites is 1. The predicted octanol–water partition coefficient (Wildman–Crippen LogP) is 1.57. The first-order valence-corrected chi connectivity index (χ1v) is 6.25. The van der Waals surface area contributed by atoms with Crippen LogP contribution in [0.15, 0.2) is 24.3 Å². The smallest absolute Gasteiger partial charge is 0.124 e. The molecule has 0 aromatic heterocycles. The molecule has 1 aromatic carbocycles. The minimum Gasteiger partial charge on any atom is -0.491 e. The molecule has 1 rings (SSSR count). The number of rotatable bonds is 8. The fourth-order valence-electron chi connectivity index (χ4n) is 1.65. The van der Waals surface area contributed by atoms with Crippen LogP contribution in [0.3, 0.4) is 0 Å². The standard InChI is InChI=1S/C14H23NO3/c1-11(2)18-14-7-5-4-6-12(14)8-15-13(9-16)10-17-3/h4-7,11,13,15-16H,8-10H2,1-3H3. The summed E-state index contributed by atoms with van der Waals surface area (Å²) in [5, 5.41) is 12.4. The normalized spacial score (nSPS) is 12.7. The maximum Gasteiger partial charge on any atom is 0.124 e. The monoisotopic (exact) mass is 253 g/mol. The van der Waals surface area contributed by atoms with Crippen molar-refractivity contribution >= 4 is 0 Å². The first-order chi connectivity index (χ1) is 8.67. The van der Waals surface area contributed by atoms with Gasteiger partial charge in [0, 0.05) is 19.2 Å². The zero-order valence-corrected chi connectivity index (χ0v) is 11.3. The van der Waals surface area contributed by atoms with Crippen LogP contribution >= 0.6 is 0 Å². The maximum atomic E-state index is 9.18. The lowest BCUT2D eigenvalue weighted by Gasteiger charge is -2.18. The Labute approximate surface area is 109 Å². The molecule has 0 bridgehead atoms. The van der Waals surface area contributed by atoms with Gasteiger partial charge in [-0.05, 0) is 19.9 Å². The lowest BCUT2D eigenvalue weighted by molar-refractivity contribution is 0.127. The van der Waals surface area contributed by atoms with E-state index in [-0.39, 0.29) is 18.8 Å². The van der Waals surface area contributed by atoms with Crippen molar-refractivity contribution in [2.75, 3.05) is 20.3 Å². The van der Waals surface area contributed by atoms with Crippen LogP contribution in [0.4, 0.5) is 0 Å². The van der Waals surface area contributed by atoms with Gasteiger partial charge >= 0.3 is 0 Å². The molecule has 0 aliphatic carbocycles. The van der Waals surface area contributed by atoms with Crippen molar-refractivity contribution in [2.45, 2.75) is 32.5 Å². The Bertz CT molecular complexity index is 342. The number of methoxy groups -OCH3 is 1. The van der Waals surface area contributed by atoms with E-state index < -0.39 is 0 Å². The minimum atomic E-state index is -0.0536. The van der Waals surface area contributed by atoms with Crippen molar-refractivity contribution in [3.8, 4) is 5.75 Å². The fourth-order valence-corrected chi connectivity index (χ4v) is 1.65. The molecule has 0 radical (unpaired) electrons. The van der Waals surface area contributed by atoms with E-state index in [1.54, 1.807) is 7.11 Å². The molecular weight excluding hydrogens is 230 g/mol. The van der Waals surface area contributed by atoms with E-state index in [4.69, 9.17) is 9.47 Å². The van der Waals surface area contributed by atoms with Crippen LogP contribution in [0, 0.1) is 0 Å². The zero-order valence-electron chi connectivity index (χ0n) is 11.3. The van der Waals surface area contributed by atoms with Crippen molar-refractivity contribution in [1.29, 1.82) is 0 Å². The average molecular weight is 253 g/mol. The predicted molar refractivity (Wildman–Crippen MR) is 71.8 cm³/mol. The third-order valence-corrected chi connectivity index (χ3v) is 2.50. The number of aliphatic hydroxyl groups excluding tert-OH is 1. The highest BCUT2D eigenvalue weighted by Crippen LogP contribution is 2.19. The maximum absolute atomic E-state index is 9.18. The van der Waals surface area contributed by atoms with Gasteiger partial charge in [0.05, 0.1) is 25.4 Å². The van der Waals surface area contributed by atoms with Gasteiger partial charge in [-0.3, -0.25) is 0 Å². The Kier molecular flexibility index (Phi) is 6.72. The van der Waals surface area contributed by atoms with Crippen molar-refractivity contribution in [3.63, 3.8) is 0 Å². The molecule has 0 amide bonds. The van der Waals surface area contributed by atoms with Crippen LogP contribution in [0.5, 0.6) is 5.75 Å². The van der Waals surface area contributed by atoms with E-state index >= 15 is 0 Å². The Balaban J connectivity index is 2.60. The summed E-state index contributed by atoms with van der Waals surface area (Å²) in [5.41, 5.74) is 1.08. The number of aliphatic hydroxyl groups is 1. The molecule has 0 aliphatic heterocycles. The summed E-state index contributed by atoms with van der Waals surface area (Å²) in [7, 11) is 1.63. The van der Waals surface area contributed by atoms with Crippen LogP contribution in [0.25, 0.3) is 0 Å². The van der Waals surface area contributed by atoms with Gasteiger partial charge in [0.15, 0.2) is 0 Å². The van der Waals surface area contributed by atoms with Crippen LogP contribution in [0.1, 0.15) is 19.4 Å². The third kappa shape index (κ3) is 5.04. The second-order valence-corrected chi connectivity index (χ2v) is 4.49. The molecule has 18 heavy (non-hydrogen) atoms. The largest absolute Gasteiger partial charge is 0.491 e. The highest BCUT2D eigenvalue weighted by atomic mass is 16.5. The van der Waals surface area contributed by atoms with Crippen LogP contribution < -0.4 is 10.1 Å². The molecule has 0 saturated heterocycles. The van der Waals surface area contributed by atoms with Gasteiger partial charge in [0.2, 0.25) is 0 Å². The van der Waals surface area contributed by atoms with E-state index in [9.17, 15) is 5.11 Å². The van der Waals surface area contributed by atoms with Crippen LogP contribution in [-0.4, -0.2) is 37.6 Å². The molecule has 0 spiro atoms. The van der Waals surface area contributed by atoms with E-state index in [1.165, 1.54) is 0 Å². The molecule has 4 nitrogen and oxygen atoms in total. The third-order valence-electron chi connectivity index (χ3n) is 2.50. The number of hydrogen-bond donors (Lipinski definition) is 2. The van der Waals surface area contributed by atoms with E-state index in [0.717, 1.165) is 11.3 Å². The van der Waals surface area contributed by atoms with Gasteiger partial charge in [0.25, 0.3) is 0 Å². The molecule has 1 unspecified atom stereocenters. The first-order valence-electron chi connectivity index (χ1n) is 6.25. The first kappa shape index (κ1) is 15.0. The lowest BCUT2D eigenvalue weighted by atomic mass is 10.2. The van der Waals surface area contributed by atoms with Gasteiger partial charge in [-0.1, -0.05) is 18.2 Å². The zero-order chi connectivity index (χ0) is 13.4. The molecule has 2 N–H and O–H groups in total. The summed E-state index contributed by atoms with van der Waals surface area (Å²) < 4.78 is 10.8. The minimum absolute atomic E-state index is 0.0536. The SMILES string of the molecule is COCC(CO)NCc1ccccc1OC(C)C. The van der Waals surface area contributed by atoms with Gasteiger partial charge in [-0.2, -0.15) is 0 Å². The fraction of sp³-hybridized carbons (Fsp3) is 0.571. The molecule has 102 valence electrons. The quantitative estimate of drug-likeness (QED) is 0.738. The van der Waals surface area contributed by atoms with Crippen molar-refractivity contribution in [1.82, 2.24) is 5.32 Å². The summed E-state index contributed by atoms with van der Waals surface area (Å²) in [6, 6.07) is 7.86. The van der Waals surface area contributed by atoms with Gasteiger partial charge in [-0.15, -0.1) is 0 Å². The average Bonchev–Trinajstić information content (AvgIpc) is 2.35. The van der Waals surface area contributed by atoms with E-state index in [1.807, 2.05) is 38.1 Å². The summed E-state index contributed by atoms with van der Waals surface area (Å²) in [6.07, 6.45) is 0.152. The Hall–Kier alpha value is -1.10. The number of hydrogen-bond acceptors (Lipinski definition) is 4. The molecule has 1 atom stereocenters. The van der Waals surface area contributed by atoms with E-state index in [2.05, 4.69) is 5.32 Å². The summed E-state index contributed by atoms with van der Waals surface area (Å²) in [5.74, 6) is 0.883. The number of benzene rings is 1. The van der Waals surface area contributed by atoms with E-state index in [0.29, 0.717) is 13.2 Å². The van der Waals surface area contributed by atoms with Gasteiger partial charge in [-0.25, -0.2) is 0 Å². The second kappa shape index (κ2) is 8.08. The van der Waals surface area contributed by atoms with Crippen LogP contribution in [0.2, 0.25) is 0 Å². The molecule has 0 saturated carbocycles. The number of ether oxygens (including phenoxy) is 2. The van der Waals surface area contributed by atoms with Gasteiger partial charge in [0.1, 0.15) is 5.75 Å². The Morgan fingerprint density at radius 2 is 2.00 bits per heavy atom. The molecule has 0 aliphatic rings. The summed E-state index contributed by atoms with van der Waals surface area (Å²) in [6.45, 7) is 5.21. The molecule has 0 heterocycles. The molecular formula is C14H23NO3. The summed E-state index contributed by atoms with van der Waals surface area (Å²) in [4.78, 5) is 0. The number of nitrogens with one attached hydrogen (secondary N) is 1. The highest BCUT2D eigenvalue weighted by molar-refractivity contribution is 5.33. The highest BCUT2D eigenvalue weighted by Gasteiger charge is 2.09. The molecule has 1 aromatic rings. The second-order valence-electron chi connectivity index (χ2n) is 4.49. The van der Waals surface area contributed by atoms with Crippen molar-refractivity contribution in [2.24, 2.45) is 0 Å².